The molecule has 2 aromatic carbocycles. The Balaban J connectivity index is 2.36. The van der Waals surface area contributed by atoms with Crippen LogP contribution in [-0.2, 0) is 4.79 Å². The second kappa shape index (κ2) is 8.28. The van der Waals surface area contributed by atoms with Crippen molar-refractivity contribution in [2.45, 2.75) is 0 Å². The number of amides is 1. The molecule has 2 N–H and O–H groups in total. The zero-order valence-electron chi connectivity index (χ0n) is 14.3. The molecule has 0 aliphatic heterocycles. The Morgan fingerprint density at radius 1 is 1.18 bits per heavy atom. The maximum Gasteiger partial charge on any atom is 0.311 e. The van der Waals surface area contributed by atoms with Crippen molar-refractivity contribution in [3.05, 3.63) is 67.8 Å². The van der Waals surface area contributed by atoms with Gasteiger partial charge in [-0.3, -0.25) is 25.0 Å². The lowest BCUT2D eigenvalue weighted by molar-refractivity contribution is -0.385. The molecule has 2 aromatic rings. The van der Waals surface area contributed by atoms with Crippen LogP contribution in [-0.4, -0.2) is 28.0 Å². The van der Waals surface area contributed by atoms with Gasteiger partial charge in [-0.25, -0.2) is 0 Å². The number of phenols is 1. The number of rotatable bonds is 6. The van der Waals surface area contributed by atoms with Gasteiger partial charge in [0.05, 0.1) is 23.0 Å². The van der Waals surface area contributed by atoms with E-state index in [1.807, 2.05) is 0 Å². The lowest BCUT2D eigenvalue weighted by atomic mass is 10.1. The summed E-state index contributed by atoms with van der Waals surface area (Å²) in [6.07, 6.45) is 1.05. The van der Waals surface area contributed by atoms with E-state index in [1.165, 1.54) is 25.3 Å². The standard InChI is InChI=1S/C17H12N4O7/c1-28-12-3-4-13(14(8-12)20(24)25)19-17(23)11(9-18)6-10-2-5-16(22)15(7-10)21(26)27/h2-8,22H,1H3,(H,19,23)/b11-6+. The van der Waals surface area contributed by atoms with Crippen LogP contribution < -0.4 is 10.1 Å². The Kier molecular flexibility index (Phi) is 5.87. The molecule has 0 heterocycles. The van der Waals surface area contributed by atoms with Gasteiger partial charge in [-0.05, 0) is 29.8 Å². The van der Waals surface area contributed by atoms with Crippen molar-refractivity contribution in [2.24, 2.45) is 0 Å². The van der Waals surface area contributed by atoms with Gasteiger partial charge in [-0.1, -0.05) is 6.07 Å². The van der Waals surface area contributed by atoms with Gasteiger partial charge in [0.15, 0.2) is 5.75 Å². The number of nitrogens with zero attached hydrogens (tertiary/aromatic N) is 3. The van der Waals surface area contributed by atoms with Crippen LogP contribution in [0.25, 0.3) is 6.08 Å². The molecule has 28 heavy (non-hydrogen) atoms. The van der Waals surface area contributed by atoms with Crippen LogP contribution in [0, 0.1) is 31.6 Å². The van der Waals surface area contributed by atoms with E-state index in [9.17, 15) is 35.4 Å². The van der Waals surface area contributed by atoms with Crippen molar-refractivity contribution >= 4 is 29.0 Å². The monoisotopic (exact) mass is 384 g/mol. The number of nitriles is 1. The number of benzene rings is 2. The Hall–Kier alpha value is -4.46. The smallest absolute Gasteiger partial charge is 0.311 e. The topological polar surface area (TPSA) is 169 Å². The number of nitro groups is 2. The van der Waals surface area contributed by atoms with Crippen LogP contribution >= 0.6 is 0 Å². The minimum atomic E-state index is -0.952. The van der Waals surface area contributed by atoms with Gasteiger partial charge in [0.25, 0.3) is 11.6 Å². The normalized spacial score (nSPS) is 10.6. The van der Waals surface area contributed by atoms with Gasteiger partial charge in [-0.15, -0.1) is 0 Å². The number of methoxy groups -OCH3 is 1. The largest absolute Gasteiger partial charge is 0.502 e. The maximum atomic E-state index is 12.3. The maximum absolute atomic E-state index is 12.3. The van der Waals surface area contributed by atoms with Crippen LogP contribution in [0.4, 0.5) is 17.1 Å². The molecule has 0 spiro atoms. The minimum absolute atomic E-state index is 0.112. The fourth-order valence-corrected chi connectivity index (χ4v) is 2.18. The molecular formula is C17H12N4O7. The molecule has 2 rings (SSSR count). The third-order valence-electron chi connectivity index (χ3n) is 3.52. The molecule has 0 aliphatic carbocycles. The number of ether oxygens (including phenoxy) is 1. The molecular weight excluding hydrogens is 372 g/mol. The predicted molar refractivity (Wildman–Crippen MR) is 96.6 cm³/mol. The zero-order valence-corrected chi connectivity index (χ0v) is 14.3. The number of carbonyl (C=O) groups is 1. The summed E-state index contributed by atoms with van der Waals surface area (Å²) < 4.78 is 4.90. The van der Waals surface area contributed by atoms with E-state index in [2.05, 4.69) is 5.32 Å². The summed E-state index contributed by atoms with van der Waals surface area (Å²) in [4.78, 5) is 32.8. The molecule has 0 aromatic heterocycles. The first-order chi connectivity index (χ1) is 13.3. The first-order valence-electron chi connectivity index (χ1n) is 7.49. The summed E-state index contributed by atoms with van der Waals surface area (Å²) in [5.74, 6) is -1.32. The minimum Gasteiger partial charge on any atom is -0.502 e. The molecule has 0 bridgehead atoms. The Labute approximate surface area is 157 Å². The van der Waals surface area contributed by atoms with Crippen molar-refractivity contribution < 1.29 is 24.5 Å². The van der Waals surface area contributed by atoms with Crippen LogP contribution in [0.5, 0.6) is 11.5 Å². The second-order valence-electron chi connectivity index (χ2n) is 5.27. The van der Waals surface area contributed by atoms with Gasteiger partial charge >= 0.3 is 5.69 Å². The van der Waals surface area contributed by atoms with Gasteiger partial charge in [0.1, 0.15) is 23.1 Å². The van der Waals surface area contributed by atoms with Gasteiger partial charge in [0, 0.05) is 6.07 Å². The molecule has 0 saturated heterocycles. The number of hydrogen-bond donors (Lipinski definition) is 2. The van der Waals surface area contributed by atoms with Crippen molar-refractivity contribution in [1.29, 1.82) is 5.26 Å². The molecule has 0 aliphatic rings. The van der Waals surface area contributed by atoms with E-state index in [0.717, 1.165) is 24.3 Å². The summed E-state index contributed by atoms with van der Waals surface area (Å²) >= 11 is 0. The summed E-state index contributed by atoms with van der Waals surface area (Å²) in [6, 6.07) is 8.66. The van der Waals surface area contributed by atoms with E-state index in [1.54, 1.807) is 6.07 Å². The third kappa shape index (κ3) is 4.38. The Morgan fingerprint density at radius 2 is 1.86 bits per heavy atom. The molecule has 0 radical (unpaired) electrons. The van der Waals surface area contributed by atoms with Crippen LogP contribution in [0.15, 0.2) is 42.0 Å². The number of nitrogens with one attached hydrogen (secondary N) is 1. The molecule has 0 saturated carbocycles. The van der Waals surface area contributed by atoms with Crippen LogP contribution in [0.1, 0.15) is 5.56 Å². The highest BCUT2D eigenvalue weighted by Gasteiger charge is 2.20. The van der Waals surface area contributed by atoms with E-state index >= 15 is 0 Å². The fraction of sp³-hybridized carbons (Fsp3) is 0.0588. The van der Waals surface area contributed by atoms with E-state index in [-0.39, 0.29) is 17.0 Å². The summed E-state index contributed by atoms with van der Waals surface area (Å²) in [7, 11) is 1.32. The van der Waals surface area contributed by atoms with Gasteiger partial charge in [0.2, 0.25) is 0 Å². The summed E-state index contributed by atoms with van der Waals surface area (Å²) in [6.45, 7) is 0. The summed E-state index contributed by atoms with van der Waals surface area (Å²) in [5, 5.41) is 42.9. The highest BCUT2D eigenvalue weighted by Crippen LogP contribution is 2.30. The zero-order chi connectivity index (χ0) is 20.8. The first kappa shape index (κ1) is 19.9. The van der Waals surface area contributed by atoms with Crippen LogP contribution in [0.3, 0.4) is 0 Å². The fourth-order valence-electron chi connectivity index (χ4n) is 2.18. The highest BCUT2D eigenvalue weighted by molar-refractivity contribution is 6.10. The molecule has 1 amide bonds. The SMILES string of the molecule is COc1ccc(NC(=O)/C(C#N)=C/c2ccc(O)c([N+](=O)[O-])c2)c([N+](=O)[O-])c1. The average molecular weight is 384 g/mol. The Morgan fingerprint density at radius 3 is 2.43 bits per heavy atom. The van der Waals surface area contributed by atoms with Crippen molar-refractivity contribution in [3.8, 4) is 17.6 Å². The number of nitro benzene ring substituents is 2. The highest BCUT2D eigenvalue weighted by atomic mass is 16.6. The third-order valence-corrected chi connectivity index (χ3v) is 3.52. The average Bonchev–Trinajstić information content (AvgIpc) is 2.66. The van der Waals surface area contributed by atoms with E-state index in [4.69, 9.17) is 4.74 Å². The van der Waals surface area contributed by atoms with Crippen molar-refractivity contribution in [3.63, 3.8) is 0 Å². The number of phenolic OH excluding ortho intramolecular Hbond substituents is 1. The van der Waals surface area contributed by atoms with Crippen molar-refractivity contribution in [2.75, 3.05) is 12.4 Å². The number of anilines is 1. The molecule has 11 heteroatoms. The van der Waals surface area contributed by atoms with Crippen molar-refractivity contribution in [1.82, 2.24) is 0 Å². The lowest BCUT2D eigenvalue weighted by Gasteiger charge is -2.07. The first-order valence-corrected chi connectivity index (χ1v) is 7.49. The number of aromatic hydroxyl groups is 1. The summed E-state index contributed by atoms with van der Waals surface area (Å²) in [5.41, 5.74) is -1.54. The number of carbonyl (C=O) groups excluding carboxylic acids is 1. The molecule has 11 nitrogen and oxygen atoms in total. The molecule has 0 fully saturated rings. The predicted octanol–water partition coefficient (Wildman–Crippen LogP) is 2.76. The van der Waals surface area contributed by atoms with E-state index < -0.39 is 38.5 Å². The molecule has 142 valence electrons. The quantitative estimate of drug-likeness (QED) is 0.331. The number of hydrogen-bond acceptors (Lipinski definition) is 8. The van der Waals surface area contributed by atoms with Gasteiger partial charge in [-0.2, -0.15) is 5.26 Å². The van der Waals surface area contributed by atoms with Crippen LogP contribution in [0.2, 0.25) is 0 Å². The Bertz CT molecular complexity index is 1040. The lowest BCUT2D eigenvalue weighted by Crippen LogP contribution is -2.14. The van der Waals surface area contributed by atoms with E-state index in [0.29, 0.717) is 0 Å². The molecule has 0 atom stereocenters. The molecule has 0 unspecified atom stereocenters. The second-order valence-corrected chi connectivity index (χ2v) is 5.27. The van der Waals surface area contributed by atoms with Gasteiger partial charge < -0.3 is 15.2 Å².